The summed E-state index contributed by atoms with van der Waals surface area (Å²) in [4.78, 5) is 13.5. The summed E-state index contributed by atoms with van der Waals surface area (Å²) in [7, 11) is 0. The fourth-order valence-electron chi connectivity index (χ4n) is 2.25. The molecule has 0 radical (unpaired) electrons. The fourth-order valence-corrected chi connectivity index (χ4v) is 2.25. The van der Waals surface area contributed by atoms with Crippen LogP contribution < -0.4 is 5.32 Å². The van der Waals surface area contributed by atoms with Crippen LogP contribution in [-0.4, -0.2) is 36.5 Å². The zero-order valence-electron chi connectivity index (χ0n) is 7.62. The van der Waals surface area contributed by atoms with Gasteiger partial charge in [0.05, 0.1) is 12.5 Å². The van der Waals surface area contributed by atoms with E-state index in [1.165, 1.54) is 0 Å². The monoisotopic (exact) mass is 178 g/mol. The quantitative estimate of drug-likeness (QED) is 0.565. The Hall–Kier alpha value is -1.01. The average molecular weight is 178 g/mol. The fraction of sp³-hybridized carbons (Fsp3) is 0.700. The van der Waals surface area contributed by atoms with Crippen LogP contribution in [0, 0.1) is 18.3 Å². The van der Waals surface area contributed by atoms with Crippen LogP contribution in [0.4, 0.5) is 0 Å². The minimum atomic E-state index is 0.196. The first-order valence-corrected chi connectivity index (χ1v) is 4.78. The van der Waals surface area contributed by atoms with Crippen LogP contribution in [0.25, 0.3) is 0 Å². The Balaban J connectivity index is 2.06. The van der Waals surface area contributed by atoms with E-state index in [1.807, 2.05) is 0 Å². The Morgan fingerprint density at radius 2 is 2.54 bits per heavy atom. The van der Waals surface area contributed by atoms with E-state index < -0.39 is 0 Å². The number of likely N-dealkylation sites (tertiary alicyclic amines) is 1. The third kappa shape index (κ3) is 1.42. The maximum atomic E-state index is 11.7. The van der Waals surface area contributed by atoms with E-state index in [9.17, 15) is 4.79 Å². The molecule has 0 bridgehead atoms. The molecule has 2 saturated heterocycles. The molecule has 0 aromatic heterocycles. The Bertz CT molecular complexity index is 256. The Morgan fingerprint density at radius 1 is 1.69 bits per heavy atom. The zero-order valence-corrected chi connectivity index (χ0v) is 7.62. The largest absolute Gasteiger partial charge is 0.330 e. The number of carbonyl (C=O) groups is 1. The third-order valence-electron chi connectivity index (χ3n) is 2.91. The molecule has 2 heterocycles. The van der Waals surface area contributed by atoms with Gasteiger partial charge in [-0.1, -0.05) is 5.92 Å². The van der Waals surface area contributed by atoms with Gasteiger partial charge >= 0.3 is 0 Å². The third-order valence-corrected chi connectivity index (χ3v) is 2.91. The molecule has 0 aromatic carbocycles. The van der Waals surface area contributed by atoms with Gasteiger partial charge in [0.25, 0.3) is 0 Å². The van der Waals surface area contributed by atoms with Crippen molar-refractivity contribution in [3.05, 3.63) is 0 Å². The van der Waals surface area contributed by atoms with E-state index in [0.29, 0.717) is 12.6 Å². The first kappa shape index (κ1) is 8.58. The molecule has 1 amide bonds. The molecule has 2 atom stereocenters. The molecule has 2 fully saturated rings. The number of carbonyl (C=O) groups excluding carboxylic acids is 1. The van der Waals surface area contributed by atoms with Crippen molar-refractivity contribution >= 4 is 5.91 Å². The van der Waals surface area contributed by atoms with Gasteiger partial charge in [0.2, 0.25) is 5.91 Å². The summed E-state index contributed by atoms with van der Waals surface area (Å²) in [6, 6.07) is 0.356. The van der Waals surface area contributed by atoms with Crippen molar-refractivity contribution < 1.29 is 4.79 Å². The Labute approximate surface area is 78.5 Å². The molecule has 2 unspecified atom stereocenters. The molecule has 0 aliphatic carbocycles. The van der Waals surface area contributed by atoms with Gasteiger partial charge in [0, 0.05) is 12.6 Å². The highest BCUT2D eigenvalue weighted by atomic mass is 16.2. The first-order valence-electron chi connectivity index (χ1n) is 4.78. The lowest BCUT2D eigenvalue weighted by molar-refractivity contribution is -0.130. The van der Waals surface area contributed by atoms with Crippen molar-refractivity contribution in [1.82, 2.24) is 10.2 Å². The normalized spacial score (nSPS) is 32.8. The molecular weight excluding hydrogens is 164 g/mol. The molecule has 2 aliphatic rings. The van der Waals surface area contributed by atoms with E-state index in [-0.39, 0.29) is 11.8 Å². The van der Waals surface area contributed by atoms with Gasteiger partial charge in [-0.3, -0.25) is 4.79 Å². The smallest absolute Gasteiger partial charge is 0.228 e. The summed E-state index contributed by atoms with van der Waals surface area (Å²) in [5, 5.41) is 3.37. The van der Waals surface area contributed by atoms with E-state index in [2.05, 4.69) is 11.2 Å². The zero-order chi connectivity index (χ0) is 9.26. The molecule has 0 spiro atoms. The Kier molecular flexibility index (Phi) is 2.24. The number of fused-ring (bicyclic) bond motifs is 1. The number of amides is 1. The summed E-state index contributed by atoms with van der Waals surface area (Å²) in [5.41, 5.74) is 0. The highest BCUT2D eigenvalue weighted by Gasteiger charge is 2.40. The second-order valence-corrected chi connectivity index (χ2v) is 3.73. The van der Waals surface area contributed by atoms with Crippen LogP contribution in [0.5, 0.6) is 0 Å². The molecule has 0 aromatic rings. The number of nitrogens with zero attached hydrogens (tertiary/aromatic N) is 1. The van der Waals surface area contributed by atoms with E-state index in [1.54, 1.807) is 4.90 Å². The van der Waals surface area contributed by atoms with Crippen LogP contribution in [0.3, 0.4) is 0 Å². The van der Waals surface area contributed by atoms with Crippen molar-refractivity contribution in [3.8, 4) is 12.3 Å². The lowest BCUT2D eigenvalue weighted by Gasteiger charge is -2.23. The van der Waals surface area contributed by atoms with Gasteiger partial charge in [-0.15, -0.1) is 6.42 Å². The van der Waals surface area contributed by atoms with Gasteiger partial charge in [0.15, 0.2) is 0 Å². The molecular formula is C10H14N2O. The average Bonchev–Trinajstić information content (AvgIpc) is 2.46. The van der Waals surface area contributed by atoms with Gasteiger partial charge in [0.1, 0.15) is 0 Å². The summed E-state index contributed by atoms with van der Waals surface area (Å²) in [5.74, 6) is 2.97. The van der Waals surface area contributed by atoms with Crippen molar-refractivity contribution in [1.29, 1.82) is 0 Å². The van der Waals surface area contributed by atoms with E-state index in [4.69, 9.17) is 6.42 Å². The molecule has 2 rings (SSSR count). The summed E-state index contributed by atoms with van der Waals surface area (Å²) < 4.78 is 0. The minimum Gasteiger partial charge on any atom is -0.330 e. The topological polar surface area (TPSA) is 32.3 Å². The Morgan fingerprint density at radius 3 is 3.23 bits per heavy atom. The van der Waals surface area contributed by atoms with E-state index >= 15 is 0 Å². The maximum Gasteiger partial charge on any atom is 0.228 e. The highest BCUT2D eigenvalue weighted by Crippen LogP contribution is 2.25. The first-order chi connectivity index (χ1) is 6.33. The molecule has 13 heavy (non-hydrogen) atoms. The summed E-state index contributed by atoms with van der Waals surface area (Å²) >= 11 is 0. The van der Waals surface area contributed by atoms with Crippen LogP contribution >= 0.6 is 0 Å². The number of rotatable bonds is 1. The molecule has 2 aliphatic heterocycles. The maximum absolute atomic E-state index is 11.7. The van der Waals surface area contributed by atoms with Crippen molar-refractivity contribution in [2.24, 2.45) is 5.92 Å². The second kappa shape index (κ2) is 3.39. The number of nitrogens with one attached hydrogen (secondary N) is 1. The van der Waals surface area contributed by atoms with Gasteiger partial charge in [-0.05, 0) is 19.4 Å². The van der Waals surface area contributed by atoms with Gasteiger partial charge in [-0.2, -0.15) is 0 Å². The van der Waals surface area contributed by atoms with Crippen LogP contribution in [-0.2, 0) is 4.79 Å². The van der Waals surface area contributed by atoms with Crippen molar-refractivity contribution in [2.75, 3.05) is 19.6 Å². The number of hydrogen-bond donors (Lipinski definition) is 1. The highest BCUT2D eigenvalue weighted by molar-refractivity contribution is 5.82. The molecule has 0 saturated carbocycles. The standard InChI is InChI=1S/C10H14N2O/c1-2-6-12-7-9-8(10(12)13)4-3-5-11-9/h1,8-9,11H,3-7H2. The van der Waals surface area contributed by atoms with Gasteiger partial charge in [-0.25, -0.2) is 0 Å². The number of hydrogen-bond acceptors (Lipinski definition) is 2. The van der Waals surface area contributed by atoms with Gasteiger partial charge < -0.3 is 10.2 Å². The number of terminal acetylenes is 1. The van der Waals surface area contributed by atoms with Crippen molar-refractivity contribution in [3.63, 3.8) is 0 Å². The second-order valence-electron chi connectivity index (χ2n) is 3.73. The van der Waals surface area contributed by atoms with Crippen LogP contribution in [0.15, 0.2) is 0 Å². The minimum absolute atomic E-state index is 0.196. The molecule has 70 valence electrons. The predicted molar refractivity (Wildman–Crippen MR) is 49.9 cm³/mol. The lowest BCUT2D eigenvalue weighted by Crippen LogP contribution is -2.41. The molecule has 3 nitrogen and oxygen atoms in total. The number of piperidine rings is 1. The van der Waals surface area contributed by atoms with Crippen LogP contribution in [0.1, 0.15) is 12.8 Å². The molecule has 3 heteroatoms. The predicted octanol–water partition coefficient (Wildman–Crippen LogP) is -0.170. The molecule has 1 N–H and O–H groups in total. The summed E-state index contributed by atoms with van der Waals surface area (Å²) in [6.07, 6.45) is 7.33. The SMILES string of the molecule is C#CCN1CC2NCCCC2C1=O. The van der Waals surface area contributed by atoms with E-state index in [0.717, 1.165) is 25.9 Å². The lowest BCUT2D eigenvalue weighted by atomic mass is 9.94. The van der Waals surface area contributed by atoms with Crippen molar-refractivity contribution in [2.45, 2.75) is 18.9 Å². The summed E-state index contributed by atoms with van der Waals surface area (Å²) in [6.45, 7) is 2.31. The van der Waals surface area contributed by atoms with Crippen LogP contribution in [0.2, 0.25) is 0 Å².